The Kier molecular flexibility index (Phi) is 4.24. The SMILES string of the molecule is CC(=CC(=O)C=Cc1ccccc1)c1c(C)[nH]c2ccccc12. The first-order chi connectivity index (χ1) is 11.1. The van der Waals surface area contributed by atoms with E-state index < -0.39 is 0 Å². The zero-order valence-corrected chi connectivity index (χ0v) is 13.3. The molecule has 0 radical (unpaired) electrons. The maximum Gasteiger partial charge on any atom is 0.178 e. The van der Waals surface area contributed by atoms with Gasteiger partial charge in [0, 0.05) is 22.2 Å². The van der Waals surface area contributed by atoms with Crippen LogP contribution in [0.1, 0.15) is 23.7 Å². The quantitative estimate of drug-likeness (QED) is 0.663. The number of rotatable bonds is 4. The number of carbonyl (C=O) groups is 1. The molecule has 0 saturated carbocycles. The predicted octanol–water partition coefficient (Wildman–Crippen LogP) is 5.16. The average molecular weight is 301 g/mol. The summed E-state index contributed by atoms with van der Waals surface area (Å²) in [6.07, 6.45) is 5.15. The minimum Gasteiger partial charge on any atom is -0.358 e. The molecule has 0 amide bonds. The molecule has 3 aromatic rings. The van der Waals surface area contributed by atoms with Crippen LogP contribution in [-0.4, -0.2) is 10.8 Å². The molecular weight excluding hydrogens is 282 g/mol. The van der Waals surface area contributed by atoms with Crippen LogP contribution in [0.15, 0.2) is 66.7 Å². The molecule has 0 saturated heterocycles. The maximum absolute atomic E-state index is 12.2. The van der Waals surface area contributed by atoms with Gasteiger partial charge in [0.1, 0.15) is 0 Å². The lowest BCUT2D eigenvalue weighted by Crippen LogP contribution is -1.90. The number of hydrogen-bond donors (Lipinski definition) is 1. The summed E-state index contributed by atoms with van der Waals surface area (Å²) in [6, 6.07) is 18.0. The fourth-order valence-electron chi connectivity index (χ4n) is 2.86. The normalized spacial score (nSPS) is 12.2. The van der Waals surface area contributed by atoms with Crippen LogP contribution in [0.5, 0.6) is 0 Å². The van der Waals surface area contributed by atoms with E-state index in [0.717, 1.165) is 33.3 Å². The third kappa shape index (κ3) is 3.32. The van der Waals surface area contributed by atoms with E-state index >= 15 is 0 Å². The monoisotopic (exact) mass is 301 g/mol. The Balaban J connectivity index is 1.88. The first-order valence-corrected chi connectivity index (χ1v) is 7.68. The molecule has 0 atom stereocenters. The molecule has 1 heterocycles. The molecule has 1 N–H and O–H groups in total. The molecule has 114 valence electrons. The Morgan fingerprint density at radius 2 is 1.70 bits per heavy atom. The summed E-state index contributed by atoms with van der Waals surface area (Å²) in [4.78, 5) is 15.6. The zero-order chi connectivity index (χ0) is 16.2. The molecule has 2 heteroatoms. The average Bonchev–Trinajstić information content (AvgIpc) is 2.89. The van der Waals surface area contributed by atoms with Gasteiger partial charge in [0.15, 0.2) is 5.78 Å². The van der Waals surface area contributed by atoms with Gasteiger partial charge < -0.3 is 4.98 Å². The van der Waals surface area contributed by atoms with E-state index in [0.29, 0.717) is 0 Å². The smallest absolute Gasteiger partial charge is 0.178 e. The summed E-state index contributed by atoms with van der Waals surface area (Å²) in [5.41, 5.74) is 5.29. The van der Waals surface area contributed by atoms with Gasteiger partial charge in [0.25, 0.3) is 0 Å². The summed E-state index contributed by atoms with van der Waals surface area (Å²) >= 11 is 0. The van der Waals surface area contributed by atoms with Crippen LogP contribution in [0.25, 0.3) is 22.6 Å². The number of fused-ring (bicyclic) bond motifs is 1. The van der Waals surface area contributed by atoms with Crippen LogP contribution >= 0.6 is 0 Å². The molecule has 3 rings (SSSR count). The minimum atomic E-state index is -0.00367. The van der Waals surface area contributed by atoms with E-state index in [-0.39, 0.29) is 5.78 Å². The number of H-pyrrole nitrogens is 1. The summed E-state index contributed by atoms with van der Waals surface area (Å²) in [5.74, 6) is -0.00367. The third-order valence-corrected chi connectivity index (χ3v) is 3.89. The van der Waals surface area contributed by atoms with E-state index in [1.807, 2.05) is 62.4 Å². The van der Waals surface area contributed by atoms with Gasteiger partial charge in [-0.1, -0.05) is 54.6 Å². The lowest BCUT2D eigenvalue weighted by molar-refractivity contribution is -0.110. The molecule has 0 unspecified atom stereocenters. The highest BCUT2D eigenvalue weighted by molar-refractivity contribution is 6.08. The number of para-hydroxylation sites is 1. The summed E-state index contributed by atoms with van der Waals surface area (Å²) in [7, 11) is 0. The van der Waals surface area contributed by atoms with E-state index in [1.165, 1.54) is 0 Å². The van der Waals surface area contributed by atoms with Gasteiger partial charge in [0.05, 0.1) is 0 Å². The molecule has 1 aromatic heterocycles. The molecule has 0 fully saturated rings. The fourth-order valence-corrected chi connectivity index (χ4v) is 2.86. The number of allylic oxidation sites excluding steroid dienone is 3. The van der Waals surface area contributed by atoms with Crippen LogP contribution in [0.4, 0.5) is 0 Å². The second kappa shape index (κ2) is 6.49. The largest absolute Gasteiger partial charge is 0.358 e. The van der Waals surface area contributed by atoms with E-state index in [9.17, 15) is 4.79 Å². The number of nitrogens with one attached hydrogen (secondary N) is 1. The predicted molar refractivity (Wildman–Crippen MR) is 97.2 cm³/mol. The van der Waals surface area contributed by atoms with Crippen molar-refractivity contribution in [2.45, 2.75) is 13.8 Å². The van der Waals surface area contributed by atoms with Crippen molar-refractivity contribution in [3.63, 3.8) is 0 Å². The Morgan fingerprint density at radius 1 is 1.00 bits per heavy atom. The molecule has 0 aliphatic rings. The summed E-state index contributed by atoms with van der Waals surface area (Å²) in [5, 5.41) is 1.15. The molecule has 0 aliphatic carbocycles. The summed E-state index contributed by atoms with van der Waals surface area (Å²) < 4.78 is 0. The Morgan fingerprint density at radius 3 is 2.48 bits per heavy atom. The number of aryl methyl sites for hydroxylation is 1. The van der Waals surface area contributed by atoms with Gasteiger partial charge in [-0.05, 0) is 43.2 Å². The van der Waals surface area contributed by atoms with Crippen LogP contribution in [0, 0.1) is 6.92 Å². The van der Waals surface area contributed by atoms with Crippen molar-refractivity contribution < 1.29 is 4.79 Å². The van der Waals surface area contributed by atoms with Crippen molar-refractivity contribution in [2.24, 2.45) is 0 Å². The van der Waals surface area contributed by atoms with Gasteiger partial charge in [-0.25, -0.2) is 0 Å². The molecule has 0 aliphatic heterocycles. The zero-order valence-electron chi connectivity index (χ0n) is 13.3. The van der Waals surface area contributed by atoms with E-state index in [4.69, 9.17) is 0 Å². The van der Waals surface area contributed by atoms with Gasteiger partial charge >= 0.3 is 0 Å². The van der Waals surface area contributed by atoms with E-state index in [1.54, 1.807) is 12.2 Å². The van der Waals surface area contributed by atoms with Gasteiger partial charge in [-0.3, -0.25) is 4.79 Å². The van der Waals surface area contributed by atoms with Crippen molar-refractivity contribution in [2.75, 3.05) is 0 Å². The highest BCUT2D eigenvalue weighted by atomic mass is 16.1. The van der Waals surface area contributed by atoms with Crippen molar-refractivity contribution in [1.82, 2.24) is 4.98 Å². The van der Waals surface area contributed by atoms with E-state index in [2.05, 4.69) is 17.1 Å². The molecule has 2 nitrogen and oxygen atoms in total. The molecule has 0 spiro atoms. The first-order valence-electron chi connectivity index (χ1n) is 7.68. The number of aromatic amines is 1. The van der Waals surface area contributed by atoms with Crippen LogP contribution in [0.2, 0.25) is 0 Å². The van der Waals surface area contributed by atoms with Gasteiger partial charge in [-0.2, -0.15) is 0 Å². The lowest BCUT2D eigenvalue weighted by atomic mass is 10.0. The topological polar surface area (TPSA) is 32.9 Å². The molecular formula is C21H19NO. The van der Waals surface area contributed by atoms with Gasteiger partial charge in [-0.15, -0.1) is 0 Å². The molecule has 23 heavy (non-hydrogen) atoms. The maximum atomic E-state index is 12.2. The van der Waals surface area contributed by atoms with Crippen LogP contribution in [-0.2, 0) is 4.79 Å². The first kappa shape index (κ1) is 15.0. The highest BCUT2D eigenvalue weighted by Gasteiger charge is 2.09. The molecule has 0 bridgehead atoms. The van der Waals surface area contributed by atoms with Crippen molar-refractivity contribution in [3.8, 4) is 0 Å². The summed E-state index contributed by atoms with van der Waals surface area (Å²) in [6.45, 7) is 4.02. The number of benzene rings is 2. The van der Waals surface area contributed by atoms with Crippen molar-refractivity contribution in [1.29, 1.82) is 0 Å². The number of ketones is 1. The third-order valence-electron chi connectivity index (χ3n) is 3.89. The van der Waals surface area contributed by atoms with Crippen molar-refractivity contribution in [3.05, 3.63) is 83.6 Å². The van der Waals surface area contributed by atoms with Crippen LogP contribution < -0.4 is 0 Å². The second-order valence-electron chi connectivity index (χ2n) is 5.64. The standard InChI is InChI=1S/C21H19NO/c1-15(14-18(23)13-12-17-8-4-3-5-9-17)21-16(2)22-20-11-7-6-10-19(20)21/h3-14,22H,1-2H3. The minimum absolute atomic E-state index is 0.00367. The Hall–Kier alpha value is -2.87. The molecule has 2 aromatic carbocycles. The van der Waals surface area contributed by atoms with Crippen molar-refractivity contribution >= 4 is 28.3 Å². The highest BCUT2D eigenvalue weighted by Crippen LogP contribution is 2.28. The fraction of sp³-hybridized carbons (Fsp3) is 0.0952. The lowest BCUT2D eigenvalue weighted by Gasteiger charge is -2.01. The Labute approximate surface area is 136 Å². The second-order valence-corrected chi connectivity index (χ2v) is 5.64. The Bertz CT molecular complexity index is 898. The van der Waals surface area contributed by atoms with Gasteiger partial charge in [0.2, 0.25) is 0 Å². The number of hydrogen-bond acceptors (Lipinski definition) is 1. The number of carbonyl (C=O) groups excluding carboxylic acids is 1. The number of aromatic nitrogens is 1. The van der Waals surface area contributed by atoms with Crippen LogP contribution in [0.3, 0.4) is 0 Å².